The summed E-state index contributed by atoms with van der Waals surface area (Å²) in [7, 11) is 0. The zero-order chi connectivity index (χ0) is 13.8. The first kappa shape index (κ1) is 12.7. The van der Waals surface area contributed by atoms with E-state index in [1.54, 1.807) is 35.6 Å². The molecule has 0 unspecified atom stereocenters. The molecule has 3 aromatic rings. The molecule has 0 fully saturated rings. The summed E-state index contributed by atoms with van der Waals surface area (Å²) < 4.78 is 5.19. The van der Waals surface area contributed by atoms with E-state index in [2.05, 4.69) is 21.5 Å². The number of nitrogens with zero attached hydrogens (tertiary/aromatic N) is 2. The van der Waals surface area contributed by atoms with Crippen molar-refractivity contribution in [3.05, 3.63) is 58.4 Å². The summed E-state index contributed by atoms with van der Waals surface area (Å²) in [4.78, 5) is 5.55. The lowest BCUT2D eigenvalue weighted by Crippen LogP contribution is -1.99. The van der Waals surface area contributed by atoms with Crippen molar-refractivity contribution in [3.8, 4) is 5.75 Å². The predicted molar refractivity (Wildman–Crippen MR) is 76.9 cm³/mol. The molecule has 20 heavy (non-hydrogen) atoms. The molecule has 0 aliphatic rings. The van der Waals surface area contributed by atoms with Gasteiger partial charge in [-0.25, -0.2) is 0 Å². The van der Waals surface area contributed by atoms with Crippen molar-refractivity contribution >= 4 is 17.0 Å². The quantitative estimate of drug-likeness (QED) is 0.706. The third-order valence-electron chi connectivity index (χ3n) is 2.73. The third-order valence-corrected chi connectivity index (χ3v) is 3.61. The largest absolute Gasteiger partial charge is 0.508 e. The number of phenolic OH excluding ortho intramolecular Hbond substituents is 1. The molecule has 2 aromatic heterocycles. The van der Waals surface area contributed by atoms with E-state index in [4.69, 9.17) is 4.52 Å². The van der Waals surface area contributed by atoms with Gasteiger partial charge < -0.3 is 14.9 Å². The normalized spacial score (nSPS) is 10.6. The molecule has 3 rings (SSSR count). The minimum atomic E-state index is 0.242. The molecule has 0 amide bonds. The van der Waals surface area contributed by atoms with Crippen molar-refractivity contribution < 1.29 is 9.63 Å². The maximum Gasteiger partial charge on any atom is 0.245 e. The first-order chi connectivity index (χ1) is 9.79. The second-order valence-electron chi connectivity index (χ2n) is 4.26. The van der Waals surface area contributed by atoms with Gasteiger partial charge in [0.2, 0.25) is 5.89 Å². The molecule has 0 aliphatic heterocycles. The van der Waals surface area contributed by atoms with Crippen LogP contribution in [0.2, 0.25) is 0 Å². The lowest BCUT2D eigenvalue weighted by molar-refractivity contribution is 0.378. The van der Waals surface area contributed by atoms with Crippen molar-refractivity contribution in [1.29, 1.82) is 0 Å². The highest BCUT2D eigenvalue weighted by atomic mass is 32.1. The Morgan fingerprint density at radius 2 is 2.05 bits per heavy atom. The molecule has 5 nitrogen and oxygen atoms in total. The molecule has 0 radical (unpaired) electrons. The van der Waals surface area contributed by atoms with Crippen molar-refractivity contribution in [3.63, 3.8) is 0 Å². The summed E-state index contributed by atoms with van der Waals surface area (Å²) in [6.45, 7) is 0.461. The van der Waals surface area contributed by atoms with Gasteiger partial charge in [0.15, 0.2) is 5.82 Å². The van der Waals surface area contributed by atoms with Crippen molar-refractivity contribution in [2.75, 3.05) is 5.32 Å². The van der Waals surface area contributed by atoms with E-state index >= 15 is 0 Å². The van der Waals surface area contributed by atoms with Crippen molar-refractivity contribution in [1.82, 2.24) is 10.1 Å². The Morgan fingerprint density at radius 3 is 2.80 bits per heavy atom. The average Bonchev–Trinajstić information content (AvgIpc) is 3.11. The minimum absolute atomic E-state index is 0.242. The monoisotopic (exact) mass is 287 g/mol. The SMILES string of the molecule is Oc1ccc(NCc2nc(Cc3cccs3)no2)cc1. The maximum atomic E-state index is 9.20. The lowest BCUT2D eigenvalue weighted by Gasteiger charge is -2.02. The Balaban J connectivity index is 1.58. The van der Waals surface area contributed by atoms with Gasteiger partial charge >= 0.3 is 0 Å². The Labute approximate surface area is 119 Å². The van der Waals surface area contributed by atoms with E-state index < -0.39 is 0 Å². The highest BCUT2D eigenvalue weighted by Crippen LogP contribution is 2.15. The number of hydrogen-bond donors (Lipinski definition) is 2. The van der Waals surface area contributed by atoms with Gasteiger partial charge in [0, 0.05) is 17.0 Å². The van der Waals surface area contributed by atoms with Crippen LogP contribution in [0.3, 0.4) is 0 Å². The fraction of sp³-hybridized carbons (Fsp3) is 0.143. The van der Waals surface area contributed by atoms with Crippen LogP contribution in [-0.4, -0.2) is 15.2 Å². The number of aromatic nitrogens is 2. The molecule has 2 N–H and O–H groups in total. The highest BCUT2D eigenvalue weighted by Gasteiger charge is 2.07. The first-order valence-electron chi connectivity index (χ1n) is 6.16. The zero-order valence-electron chi connectivity index (χ0n) is 10.6. The second-order valence-corrected chi connectivity index (χ2v) is 5.29. The van der Waals surface area contributed by atoms with Crippen molar-refractivity contribution in [2.24, 2.45) is 0 Å². The van der Waals surface area contributed by atoms with E-state index in [1.165, 1.54) is 4.88 Å². The number of nitrogens with one attached hydrogen (secondary N) is 1. The summed E-state index contributed by atoms with van der Waals surface area (Å²) in [5.41, 5.74) is 0.890. The molecule has 6 heteroatoms. The van der Waals surface area contributed by atoms with Gasteiger partial charge in [0.05, 0.1) is 6.54 Å². The predicted octanol–water partition coefficient (Wildman–Crippen LogP) is 3.04. The Kier molecular flexibility index (Phi) is 3.64. The number of anilines is 1. The number of aromatic hydroxyl groups is 1. The van der Waals surface area contributed by atoms with Gasteiger partial charge in [-0.1, -0.05) is 11.2 Å². The van der Waals surface area contributed by atoms with Crippen LogP contribution in [0.1, 0.15) is 16.6 Å². The number of thiophene rings is 1. The van der Waals surface area contributed by atoms with E-state index in [1.807, 2.05) is 11.4 Å². The number of hydrogen-bond acceptors (Lipinski definition) is 6. The average molecular weight is 287 g/mol. The summed E-state index contributed by atoms with van der Waals surface area (Å²) >= 11 is 1.68. The highest BCUT2D eigenvalue weighted by molar-refractivity contribution is 7.09. The van der Waals surface area contributed by atoms with Gasteiger partial charge in [0.1, 0.15) is 5.75 Å². The third kappa shape index (κ3) is 3.16. The molecule has 0 saturated carbocycles. The molecule has 0 aliphatic carbocycles. The summed E-state index contributed by atoms with van der Waals surface area (Å²) in [5.74, 6) is 1.48. The van der Waals surface area contributed by atoms with E-state index in [0.29, 0.717) is 24.7 Å². The number of benzene rings is 1. The van der Waals surface area contributed by atoms with Crippen LogP contribution in [0.4, 0.5) is 5.69 Å². The van der Waals surface area contributed by atoms with Crippen LogP contribution < -0.4 is 5.32 Å². The fourth-order valence-electron chi connectivity index (χ4n) is 1.76. The summed E-state index contributed by atoms with van der Waals surface area (Å²) in [6, 6.07) is 10.9. The topological polar surface area (TPSA) is 71.2 Å². The Bertz CT molecular complexity index is 662. The molecule has 2 heterocycles. The molecular weight excluding hydrogens is 274 g/mol. The van der Waals surface area contributed by atoms with Crippen LogP contribution in [0.25, 0.3) is 0 Å². The van der Waals surface area contributed by atoms with E-state index in [0.717, 1.165) is 5.69 Å². The summed E-state index contributed by atoms with van der Waals surface area (Å²) in [5, 5.41) is 18.3. The maximum absolute atomic E-state index is 9.20. The van der Waals surface area contributed by atoms with Crippen LogP contribution >= 0.6 is 11.3 Å². The number of phenols is 1. The van der Waals surface area contributed by atoms with E-state index in [9.17, 15) is 5.11 Å². The fourth-order valence-corrected chi connectivity index (χ4v) is 2.46. The van der Waals surface area contributed by atoms with Crippen LogP contribution in [-0.2, 0) is 13.0 Å². The molecule has 0 bridgehead atoms. The second kappa shape index (κ2) is 5.75. The minimum Gasteiger partial charge on any atom is -0.508 e. The molecule has 0 saturated heterocycles. The smallest absolute Gasteiger partial charge is 0.245 e. The van der Waals surface area contributed by atoms with Gasteiger partial charge in [-0.15, -0.1) is 11.3 Å². The van der Waals surface area contributed by atoms with Crippen molar-refractivity contribution in [2.45, 2.75) is 13.0 Å². The van der Waals surface area contributed by atoms with Gasteiger partial charge in [0.25, 0.3) is 0 Å². The molecule has 0 atom stereocenters. The summed E-state index contributed by atoms with van der Waals surface area (Å²) in [6.07, 6.45) is 0.695. The molecular formula is C14H13N3O2S. The first-order valence-corrected chi connectivity index (χ1v) is 7.04. The standard InChI is InChI=1S/C14H13N3O2S/c18-11-5-3-10(4-6-11)15-9-14-16-13(17-19-14)8-12-2-1-7-20-12/h1-7,15,18H,8-9H2. The van der Waals surface area contributed by atoms with Gasteiger partial charge in [-0.05, 0) is 35.7 Å². The van der Waals surface area contributed by atoms with Gasteiger partial charge in [-0.3, -0.25) is 0 Å². The Hall–Kier alpha value is -2.34. The number of rotatable bonds is 5. The lowest BCUT2D eigenvalue weighted by atomic mass is 10.3. The van der Waals surface area contributed by atoms with Gasteiger partial charge in [-0.2, -0.15) is 4.98 Å². The van der Waals surface area contributed by atoms with E-state index in [-0.39, 0.29) is 5.75 Å². The van der Waals surface area contributed by atoms with Crippen LogP contribution in [0.15, 0.2) is 46.3 Å². The zero-order valence-corrected chi connectivity index (χ0v) is 11.4. The molecule has 102 valence electrons. The molecule has 1 aromatic carbocycles. The molecule has 0 spiro atoms. The van der Waals surface area contributed by atoms with Crippen LogP contribution in [0.5, 0.6) is 5.75 Å². The van der Waals surface area contributed by atoms with Crippen LogP contribution in [0, 0.1) is 0 Å². The Morgan fingerprint density at radius 1 is 1.20 bits per heavy atom.